The quantitative estimate of drug-likeness (QED) is 0.207. The van der Waals surface area contributed by atoms with Gasteiger partial charge in [0.05, 0.1) is 15.9 Å². The summed E-state index contributed by atoms with van der Waals surface area (Å²) in [7, 11) is 0. The molecule has 2 aromatic carbocycles. The molecule has 0 unspecified atom stereocenters. The molecule has 0 saturated carbocycles. The number of halogens is 2. The number of carbonyl (C=O) groups is 3. The van der Waals surface area contributed by atoms with Crippen molar-refractivity contribution in [2.45, 2.75) is 13.8 Å². The van der Waals surface area contributed by atoms with Crippen molar-refractivity contribution in [1.82, 2.24) is 5.32 Å². The number of hydrogen-bond donors (Lipinski definition) is 1. The Morgan fingerprint density at radius 1 is 1.19 bits per heavy atom. The minimum Gasteiger partial charge on any atom is -0.490 e. The van der Waals surface area contributed by atoms with E-state index in [4.69, 9.17) is 9.47 Å². The summed E-state index contributed by atoms with van der Waals surface area (Å²) in [5.41, 5.74) is 1.49. The first-order chi connectivity index (χ1) is 15.3. The van der Waals surface area contributed by atoms with Gasteiger partial charge in [-0.1, -0.05) is 28.6 Å². The zero-order valence-corrected chi connectivity index (χ0v) is 21.2. The summed E-state index contributed by atoms with van der Waals surface area (Å²) in [6.07, 6.45) is 3.07. The molecule has 1 aliphatic rings. The van der Waals surface area contributed by atoms with Gasteiger partial charge in [0.25, 0.3) is 11.8 Å². The highest BCUT2D eigenvalue weighted by Crippen LogP contribution is 2.35. The van der Waals surface area contributed by atoms with Crippen LogP contribution < -0.4 is 19.7 Å². The molecule has 1 heterocycles. The van der Waals surface area contributed by atoms with Crippen molar-refractivity contribution < 1.29 is 23.9 Å². The molecule has 0 atom stereocenters. The molecule has 0 aromatic heterocycles. The van der Waals surface area contributed by atoms with Gasteiger partial charge in [0.1, 0.15) is 12.2 Å². The number of anilines is 1. The zero-order valence-electron chi connectivity index (χ0n) is 17.4. The number of nitrogens with one attached hydrogen (secondary N) is 1. The fourth-order valence-electron chi connectivity index (χ4n) is 3.13. The maximum Gasteiger partial charge on any atom is 0.335 e. The van der Waals surface area contributed by atoms with Crippen molar-refractivity contribution in [2.75, 3.05) is 18.1 Å². The third kappa shape index (κ3) is 5.04. The number of imide groups is 2. The molecule has 0 radical (unpaired) electrons. The molecule has 0 spiro atoms. The second kappa shape index (κ2) is 10.3. The van der Waals surface area contributed by atoms with Crippen LogP contribution in [0.3, 0.4) is 0 Å². The van der Waals surface area contributed by atoms with Crippen LogP contribution in [0.5, 0.6) is 11.5 Å². The number of nitrogens with zero attached hydrogens (tertiary/aromatic N) is 1. The number of benzene rings is 2. The molecular formula is C23H20BrIN2O5. The molecule has 1 saturated heterocycles. The number of carbonyl (C=O) groups excluding carboxylic acids is 3. The van der Waals surface area contributed by atoms with Crippen LogP contribution in [-0.4, -0.2) is 31.1 Å². The summed E-state index contributed by atoms with van der Waals surface area (Å²) < 4.78 is 12.9. The predicted octanol–water partition coefficient (Wildman–Crippen LogP) is 4.99. The molecule has 4 amide bonds. The van der Waals surface area contributed by atoms with Gasteiger partial charge < -0.3 is 9.47 Å². The average molecular weight is 611 g/mol. The Balaban J connectivity index is 2.04. The highest BCUT2D eigenvalue weighted by atomic mass is 127. The number of amides is 4. The Bertz CT molecular complexity index is 1150. The Hall–Kier alpha value is -2.66. The standard InChI is InChI=1S/C23H20BrIN2O5/c1-4-8-32-20-17(25)11-14(12-19(20)31-5-2)10-16-21(28)26-23(30)27(22(16)29)18-7-6-15(24)9-13(18)3/h4,6-7,9-12H,1,5,8H2,2-3H3,(H,26,28,30)/b16-10-. The number of barbiturate groups is 1. The van der Waals surface area contributed by atoms with Gasteiger partial charge in [-0.3, -0.25) is 14.9 Å². The third-order valence-electron chi connectivity index (χ3n) is 4.49. The molecule has 166 valence electrons. The predicted molar refractivity (Wildman–Crippen MR) is 134 cm³/mol. The molecule has 1 fully saturated rings. The van der Waals surface area contributed by atoms with E-state index in [-0.39, 0.29) is 5.57 Å². The molecule has 0 aliphatic carbocycles. The zero-order chi connectivity index (χ0) is 23.4. The summed E-state index contributed by atoms with van der Waals surface area (Å²) in [6.45, 7) is 7.98. The highest BCUT2D eigenvalue weighted by Gasteiger charge is 2.37. The minimum atomic E-state index is -0.791. The van der Waals surface area contributed by atoms with E-state index in [1.54, 1.807) is 43.3 Å². The average Bonchev–Trinajstić information content (AvgIpc) is 2.72. The van der Waals surface area contributed by atoms with E-state index in [9.17, 15) is 14.4 Å². The van der Waals surface area contributed by atoms with E-state index < -0.39 is 17.8 Å². The van der Waals surface area contributed by atoms with Crippen LogP contribution in [0.1, 0.15) is 18.1 Å². The van der Waals surface area contributed by atoms with E-state index in [0.717, 1.165) is 12.9 Å². The smallest absolute Gasteiger partial charge is 0.335 e. The molecule has 9 heteroatoms. The van der Waals surface area contributed by atoms with Crippen molar-refractivity contribution in [2.24, 2.45) is 0 Å². The number of rotatable bonds is 7. The first-order valence-corrected chi connectivity index (χ1v) is 11.5. The maximum atomic E-state index is 13.2. The topological polar surface area (TPSA) is 84.9 Å². The maximum absolute atomic E-state index is 13.2. The molecular weight excluding hydrogens is 591 g/mol. The molecule has 7 nitrogen and oxygen atoms in total. The minimum absolute atomic E-state index is 0.162. The fraction of sp³-hybridized carbons (Fsp3) is 0.174. The van der Waals surface area contributed by atoms with Gasteiger partial charge >= 0.3 is 6.03 Å². The SMILES string of the molecule is C=CCOc1c(I)cc(/C=C2/C(=O)NC(=O)N(c3ccc(Br)cc3C)C2=O)cc1OCC. The summed E-state index contributed by atoms with van der Waals surface area (Å²) in [4.78, 5) is 39.1. The molecule has 3 rings (SSSR count). The first kappa shape index (κ1) is 24.0. The Labute approximate surface area is 207 Å². The van der Waals surface area contributed by atoms with Crippen LogP contribution in [-0.2, 0) is 9.59 Å². The Morgan fingerprint density at radius 2 is 1.94 bits per heavy atom. The summed E-state index contributed by atoms with van der Waals surface area (Å²) in [6, 6.07) is 7.81. The van der Waals surface area contributed by atoms with Crippen LogP contribution in [0.4, 0.5) is 10.5 Å². The normalized spacial score (nSPS) is 15.1. The second-order valence-corrected chi connectivity index (χ2v) is 8.83. The molecule has 0 bridgehead atoms. The molecule has 32 heavy (non-hydrogen) atoms. The fourth-order valence-corrected chi connectivity index (χ4v) is 4.39. The van der Waals surface area contributed by atoms with Crippen molar-refractivity contribution in [3.05, 3.63) is 67.7 Å². The number of ether oxygens (including phenoxy) is 2. The molecule has 1 aliphatic heterocycles. The lowest BCUT2D eigenvalue weighted by molar-refractivity contribution is -0.122. The van der Waals surface area contributed by atoms with Gasteiger partial charge in [-0.25, -0.2) is 9.69 Å². The van der Waals surface area contributed by atoms with Crippen LogP contribution in [0.25, 0.3) is 6.08 Å². The summed E-state index contributed by atoms with van der Waals surface area (Å²) >= 11 is 5.46. The van der Waals surface area contributed by atoms with Crippen LogP contribution in [0, 0.1) is 10.5 Å². The highest BCUT2D eigenvalue weighted by molar-refractivity contribution is 14.1. The van der Waals surface area contributed by atoms with E-state index in [2.05, 4.69) is 50.4 Å². The van der Waals surface area contributed by atoms with Gasteiger partial charge in [0.2, 0.25) is 0 Å². The van der Waals surface area contributed by atoms with Gasteiger partial charge in [-0.05, 0) is 84.0 Å². The Morgan fingerprint density at radius 3 is 2.59 bits per heavy atom. The lowest BCUT2D eigenvalue weighted by atomic mass is 10.1. The Kier molecular flexibility index (Phi) is 7.73. The van der Waals surface area contributed by atoms with Gasteiger partial charge in [0, 0.05) is 4.47 Å². The van der Waals surface area contributed by atoms with Gasteiger partial charge in [-0.15, -0.1) is 0 Å². The van der Waals surface area contributed by atoms with Crippen molar-refractivity contribution in [3.63, 3.8) is 0 Å². The van der Waals surface area contributed by atoms with Crippen LogP contribution in [0.2, 0.25) is 0 Å². The van der Waals surface area contributed by atoms with Gasteiger partial charge in [0.15, 0.2) is 11.5 Å². The third-order valence-corrected chi connectivity index (χ3v) is 5.78. The summed E-state index contributed by atoms with van der Waals surface area (Å²) in [5, 5.41) is 2.24. The van der Waals surface area contributed by atoms with E-state index in [1.165, 1.54) is 6.08 Å². The van der Waals surface area contributed by atoms with E-state index in [1.807, 2.05) is 6.92 Å². The van der Waals surface area contributed by atoms with Crippen molar-refractivity contribution >= 4 is 68.1 Å². The van der Waals surface area contributed by atoms with Crippen molar-refractivity contribution in [3.8, 4) is 11.5 Å². The largest absolute Gasteiger partial charge is 0.490 e. The number of hydrogen-bond acceptors (Lipinski definition) is 5. The van der Waals surface area contributed by atoms with Crippen LogP contribution in [0.15, 0.2) is 53.0 Å². The lowest BCUT2D eigenvalue weighted by Gasteiger charge is -2.27. The van der Waals surface area contributed by atoms with E-state index >= 15 is 0 Å². The summed E-state index contributed by atoms with van der Waals surface area (Å²) in [5.74, 6) is -0.431. The molecule has 1 N–H and O–H groups in total. The van der Waals surface area contributed by atoms with Gasteiger partial charge in [-0.2, -0.15) is 0 Å². The molecule has 2 aromatic rings. The number of urea groups is 1. The van der Waals surface area contributed by atoms with E-state index in [0.29, 0.717) is 41.5 Å². The second-order valence-electron chi connectivity index (χ2n) is 6.75. The first-order valence-electron chi connectivity index (χ1n) is 9.64. The monoisotopic (exact) mass is 610 g/mol. The van der Waals surface area contributed by atoms with Crippen molar-refractivity contribution in [1.29, 1.82) is 0 Å². The lowest BCUT2D eigenvalue weighted by Crippen LogP contribution is -2.54. The van der Waals surface area contributed by atoms with Crippen LogP contribution >= 0.6 is 38.5 Å². The number of aryl methyl sites for hydroxylation is 1.